The van der Waals surface area contributed by atoms with Crippen molar-refractivity contribution in [3.63, 3.8) is 0 Å². The lowest BCUT2D eigenvalue weighted by atomic mass is 10.2. The molecule has 2 rings (SSSR count). The minimum atomic E-state index is -3.74. The number of halogens is 1. The monoisotopic (exact) mass is 353 g/mol. The number of hydrogen-bond acceptors (Lipinski definition) is 4. The molecule has 2 aromatic rings. The molecule has 6 nitrogen and oxygen atoms in total. The van der Waals surface area contributed by atoms with Crippen LogP contribution in [0.15, 0.2) is 53.4 Å². The van der Waals surface area contributed by atoms with Crippen LogP contribution < -0.4 is 15.8 Å². The number of primary sulfonamides is 1. The summed E-state index contributed by atoms with van der Waals surface area (Å²) in [4.78, 5) is 12.1. The summed E-state index contributed by atoms with van der Waals surface area (Å²) >= 11 is 5.80. The SMILES string of the molecule is CC(Nc1ccc(Cl)cc1)C(=O)Nc1ccc(S(N)(=O)=O)cc1. The zero-order valence-corrected chi connectivity index (χ0v) is 13.9. The van der Waals surface area contributed by atoms with E-state index in [0.717, 1.165) is 5.69 Å². The normalized spacial score (nSPS) is 12.5. The maximum atomic E-state index is 12.1. The molecule has 0 fully saturated rings. The van der Waals surface area contributed by atoms with Crippen molar-refractivity contribution in [2.24, 2.45) is 5.14 Å². The van der Waals surface area contributed by atoms with Gasteiger partial charge in [0.05, 0.1) is 4.90 Å². The smallest absolute Gasteiger partial charge is 0.246 e. The molecule has 0 radical (unpaired) electrons. The Labute approximate surface area is 139 Å². The van der Waals surface area contributed by atoms with Crippen LogP contribution in [0.1, 0.15) is 6.92 Å². The molecule has 0 spiro atoms. The van der Waals surface area contributed by atoms with Gasteiger partial charge in [0.1, 0.15) is 6.04 Å². The van der Waals surface area contributed by atoms with Gasteiger partial charge in [-0.2, -0.15) is 0 Å². The van der Waals surface area contributed by atoms with Crippen LogP contribution in [0, 0.1) is 0 Å². The third kappa shape index (κ3) is 4.95. The Morgan fingerprint density at radius 2 is 1.57 bits per heavy atom. The maximum absolute atomic E-state index is 12.1. The van der Waals surface area contributed by atoms with Crippen molar-refractivity contribution in [1.29, 1.82) is 0 Å². The first-order valence-corrected chi connectivity index (χ1v) is 8.64. The van der Waals surface area contributed by atoms with Gasteiger partial charge in [-0.3, -0.25) is 4.79 Å². The van der Waals surface area contributed by atoms with E-state index < -0.39 is 16.1 Å². The van der Waals surface area contributed by atoms with Gasteiger partial charge < -0.3 is 10.6 Å². The minimum absolute atomic E-state index is 0.0113. The van der Waals surface area contributed by atoms with Gasteiger partial charge in [0, 0.05) is 16.4 Å². The molecule has 0 heterocycles. The Hall–Kier alpha value is -2.09. The molecule has 4 N–H and O–H groups in total. The molecule has 0 aliphatic heterocycles. The van der Waals surface area contributed by atoms with Crippen LogP contribution in [0.25, 0.3) is 0 Å². The van der Waals surface area contributed by atoms with Crippen LogP contribution in [0.3, 0.4) is 0 Å². The van der Waals surface area contributed by atoms with Crippen molar-refractivity contribution >= 4 is 38.9 Å². The standard InChI is InChI=1S/C15H16ClN3O3S/c1-10(18-12-4-2-11(16)3-5-12)15(20)19-13-6-8-14(9-7-13)23(17,21)22/h2-10,18H,1H3,(H,19,20)(H2,17,21,22). The van der Waals surface area contributed by atoms with Gasteiger partial charge in [-0.05, 0) is 55.5 Å². The van der Waals surface area contributed by atoms with Crippen LogP contribution in [0.2, 0.25) is 5.02 Å². The van der Waals surface area contributed by atoms with E-state index in [4.69, 9.17) is 16.7 Å². The molecular weight excluding hydrogens is 338 g/mol. The predicted molar refractivity (Wildman–Crippen MR) is 91.0 cm³/mol. The van der Waals surface area contributed by atoms with Gasteiger partial charge in [-0.1, -0.05) is 11.6 Å². The highest BCUT2D eigenvalue weighted by atomic mass is 35.5. The summed E-state index contributed by atoms with van der Waals surface area (Å²) in [7, 11) is -3.74. The Morgan fingerprint density at radius 3 is 2.09 bits per heavy atom. The number of carbonyl (C=O) groups is 1. The summed E-state index contributed by atoms with van der Waals surface area (Å²) in [5.74, 6) is -0.261. The fourth-order valence-electron chi connectivity index (χ4n) is 1.84. The van der Waals surface area contributed by atoms with E-state index in [-0.39, 0.29) is 10.8 Å². The van der Waals surface area contributed by atoms with Crippen molar-refractivity contribution < 1.29 is 13.2 Å². The van der Waals surface area contributed by atoms with Gasteiger partial charge in [0.25, 0.3) is 0 Å². The zero-order valence-electron chi connectivity index (χ0n) is 12.3. The molecule has 0 bridgehead atoms. The minimum Gasteiger partial charge on any atom is -0.374 e. The highest BCUT2D eigenvalue weighted by Gasteiger charge is 2.13. The number of hydrogen-bond donors (Lipinski definition) is 3. The van der Waals surface area contributed by atoms with E-state index in [9.17, 15) is 13.2 Å². The molecule has 0 aliphatic carbocycles. The molecule has 0 aromatic heterocycles. The Balaban J connectivity index is 1.99. The third-order valence-corrected chi connectivity index (χ3v) is 4.25. The van der Waals surface area contributed by atoms with E-state index in [1.807, 2.05) is 0 Å². The van der Waals surface area contributed by atoms with Crippen molar-refractivity contribution in [3.05, 3.63) is 53.6 Å². The Kier molecular flexibility index (Phi) is 5.25. The lowest BCUT2D eigenvalue weighted by molar-refractivity contribution is -0.116. The number of anilines is 2. The van der Waals surface area contributed by atoms with Crippen molar-refractivity contribution in [3.8, 4) is 0 Å². The van der Waals surface area contributed by atoms with Crippen LogP contribution in [-0.4, -0.2) is 20.4 Å². The van der Waals surface area contributed by atoms with Gasteiger partial charge in [-0.25, -0.2) is 13.6 Å². The quantitative estimate of drug-likeness (QED) is 0.768. The zero-order chi connectivity index (χ0) is 17.0. The van der Waals surface area contributed by atoms with Gasteiger partial charge >= 0.3 is 0 Å². The molecule has 1 unspecified atom stereocenters. The van der Waals surface area contributed by atoms with E-state index >= 15 is 0 Å². The second-order valence-electron chi connectivity index (χ2n) is 4.93. The highest BCUT2D eigenvalue weighted by Crippen LogP contribution is 2.16. The summed E-state index contributed by atoms with van der Waals surface area (Å²) in [6.45, 7) is 1.71. The van der Waals surface area contributed by atoms with E-state index in [1.54, 1.807) is 31.2 Å². The number of sulfonamides is 1. The molecule has 1 amide bonds. The fraction of sp³-hybridized carbons (Fsp3) is 0.133. The average Bonchev–Trinajstić information content (AvgIpc) is 2.49. The maximum Gasteiger partial charge on any atom is 0.246 e. The van der Waals surface area contributed by atoms with Gasteiger partial charge in [-0.15, -0.1) is 0 Å². The molecular formula is C15H16ClN3O3S. The van der Waals surface area contributed by atoms with Crippen molar-refractivity contribution in [2.75, 3.05) is 10.6 Å². The van der Waals surface area contributed by atoms with Gasteiger partial charge in [0.15, 0.2) is 0 Å². The van der Waals surface area contributed by atoms with Crippen molar-refractivity contribution in [2.45, 2.75) is 17.9 Å². The topological polar surface area (TPSA) is 101 Å². The third-order valence-electron chi connectivity index (χ3n) is 3.07. The summed E-state index contributed by atoms with van der Waals surface area (Å²) < 4.78 is 22.3. The molecule has 0 aliphatic rings. The molecule has 23 heavy (non-hydrogen) atoms. The summed E-state index contributed by atoms with van der Waals surface area (Å²) in [5.41, 5.74) is 1.24. The predicted octanol–water partition coefficient (Wildman–Crippen LogP) is 2.43. The van der Waals surface area contributed by atoms with Crippen molar-refractivity contribution in [1.82, 2.24) is 0 Å². The number of nitrogens with one attached hydrogen (secondary N) is 2. The fourth-order valence-corrected chi connectivity index (χ4v) is 2.48. The molecule has 1 atom stereocenters. The van der Waals surface area contributed by atoms with Crippen LogP contribution in [-0.2, 0) is 14.8 Å². The molecule has 122 valence electrons. The lowest BCUT2D eigenvalue weighted by Crippen LogP contribution is -2.31. The number of carbonyl (C=O) groups excluding carboxylic acids is 1. The second-order valence-corrected chi connectivity index (χ2v) is 6.93. The highest BCUT2D eigenvalue weighted by molar-refractivity contribution is 7.89. The molecule has 8 heteroatoms. The molecule has 0 saturated carbocycles. The first-order valence-electron chi connectivity index (χ1n) is 6.71. The van der Waals surface area contributed by atoms with E-state index in [0.29, 0.717) is 10.7 Å². The largest absolute Gasteiger partial charge is 0.374 e. The van der Waals surface area contributed by atoms with Crippen LogP contribution in [0.4, 0.5) is 11.4 Å². The lowest BCUT2D eigenvalue weighted by Gasteiger charge is -2.15. The van der Waals surface area contributed by atoms with E-state index in [1.165, 1.54) is 24.3 Å². The number of amides is 1. The Morgan fingerprint density at radius 1 is 1.04 bits per heavy atom. The Bertz CT molecular complexity index is 790. The number of benzene rings is 2. The first kappa shape index (κ1) is 17.3. The molecule has 2 aromatic carbocycles. The van der Waals surface area contributed by atoms with E-state index in [2.05, 4.69) is 10.6 Å². The second kappa shape index (κ2) is 6.99. The average molecular weight is 354 g/mol. The summed E-state index contributed by atoms with van der Waals surface area (Å²) in [6.07, 6.45) is 0. The van der Waals surface area contributed by atoms with Gasteiger partial charge in [0.2, 0.25) is 15.9 Å². The molecule has 0 saturated heterocycles. The number of rotatable bonds is 5. The number of nitrogens with two attached hydrogens (primary N) is 1. The summed E-state index contributed by atoms with van der Waals surface area (Å²) in [5, 5.41) is 11.4. The first-order chi connectivity index (χ1) is 10.8. The van der Waals surface area contributed by atoms with Crippen LogP contribution in [0.5, 0.6) is 0 Å². The summed E-state index contributed by atoms with van der Waals surface area (Å²) in [6, 6.07) is 12.1. The van der Waals surface area contributed by atoms with Crippen LogP contribution >= 0.6 is 11.6 Å².